The molecular weight excluding hydrogens is 311 g/mol. The van der Waals surface area contributed by atoms with Gasteiger partial charge in [0, 0.05) is 23.0 Å². The van der Waals surface area contributed by atoms with Gasteiger partial charge in [0.1, 0.15) is 5.75 Å². The van der Waals surface area contributed by atoms with Crippen molar-refractivity contribution in [3.8, 4) is 16.9 Å². The molecule has 23 heavy (non-hydrogen) atoms. The van der Waals surface area contributed by atoms with Crippen LogP contribution in [0.25, 0.3) is 11.1 Å². The summed E-state index contributed by atoms with van der Waals surface area (Å²) < 4.78 is 48.7. The van der Waals surface area contributed by atoms with Crippen LogP contribution in [-0.4, -0.2) is 25.2 Å². The summed E-state index contributed by atoms with van der Waals surface area (Å²) in [6.45, 7) is 1.67. The molecule has 7 heteroatoms. The van der Waals surface area contributed by atoms with Crippen molar-refractivity contribution in [2.45, 2.75) is 13.1 Å². The minimum atomic E-state index is -4.51. The number of carbonyl (C=O) groups excluding carboxylic acids is 1. The van der Waals surface area contributed by atoms with Crippen LogP contribution in [0.5, 0.6) is 5.75 Å². The Kier molecular flexibility index (Phi) is 4.58. The number of hydrogen-bond acceptors (Lipinski definition) is 4. The predicted octanol–water partition coefficient (Wildman–Crippen LogP) is 3.87. The van der Waals surface area contributed by atoms with E-state index in [4.69, 9.17) is 4.74 Å². The van der Waals surface area contributed by atoms with Gasteiger partial charge < -0.3 is 9.47 Å². The first-order chi connectivity index (χ1) is 10.8. The van der Waals surface area contributed by atoms with Crippen molar-refractivity contribution >= 4 is 5.97 Å². The molecule has 0 bridgehead atoms. The largest absolute Gasteiger partial charge is 0.496 e. The monoisotopic (exact) mass is 325 g/mol. The standard InChI is InChI=1S/C16H14F3NO3/c1-9-6-11(13(8-20-9)15(21)23-3)12-7-10(16(17,18)19)4-5-14(12)22-2/h4-8H,1-3H3. The fourth-order valence-electron chi connectivity index (χ4n) is 2.15. The van der Waals surface area contributed by atoms with Crippen LogP contribution in [0.3, 0.4) is 0 Å². The molecule has 0 N–H and O–H groups in total. The number of alkyl halides is 3. The molecule has 0 unspecified atom stereocenters. The molecule has 0 amide bonds. The van der Waals surface area contributed by atoms with Gasteiger partial charge in [0.05, 0.1) is 25.3 Å². The van der Waals surface area contributed by atoms with E-state index in [2.05, 4.69) is 9.72 Å². The van der Waals surface area contributed by atoms with Gasteiger partial charge in [-0.2, -0.15) is 13.2 Å². The molecule has 0 saturated heterocycles. The van der Waals surface area contributed by atoms with Crippen LogP contribution in [0.2, 0.25) is 0 Å². The van der Waals surface area contributed by atoms with Crippen molar-refractivity contribution in [1.82, 2.24) is 4.98 Å². The zero-order valence-corrected chi connectivity index (χ0v) is 12.7. The Bertz CT molecular complexity index is 742. The predicted molar refractivity (Wildman–Crippen MR) is 77.3 cm³/mol. The van der Waals surface area contributed by atoms with E-state index in [0.717, 1.165) is 12.1 Å². The van der Waals surface area contributed by atoms with Gasteiger partial charge in [-0.25, -0.2) is 4.79 Å². The van der Waals surface area contributed by atoms with Gasteiger partial charge in [0.25, 0.3) is 0 Å². The molecule has 0 atom stereocenters. The van der Waals surface area contributed by atoms with E-state index in [1.165, 1.54) is 32.5 Å². The van der Waals surface area contributed by atoms with Crippen LogP contribution in [0.4, 0.5) is 13.2 Å². The summed E-state index contributed by atoms with van der Waals surface area (Å²) in [5.74, 6) is -0.472. The van der Waals surface area contributed by atoms with Gasteiger partial charge in [0.15, 0.2) is 0 Å². The highest BCUT2D eigenvalue weighted by Crippen LogP contribution is 2.38. The van der Waals surface area contributed by atoms with Gasteiger partial charge in [-0.05, 0) is 31.2 Å². The summed E-state index contributed by atoms with van der Waals surface area (Å²) in [4.78, 5) is 15.9. The minimum absolute atomic E-state index is 0.0655. The molecule has 2 rings (SSSR count). The van der Waals surface area contributed by atoms with E-state index in [1.54, 1.807) is 6.92 Å². The minimum Gasteiger partial charge on any atom is -0.496 e. The number of rotatable bonds is 3. The van der Waals surface area contributed by atoms with Crippen molar-refractivity contribution in [2.24, 2.45) is 0 Å². The van der Waals surface area contributed by atoms with Gasteiger partial charge in [-0.3, -0.25) is 4.98 Å². The van der Waals surface area contributed by atoms with Gasteiger partial charge in [-0.1, -0.05) is 0 Å². The molecular formula is C16H14F3NO3. The quantitative estimate of drug-likeness (QED) is 0.804. The van der Waals surface area contributed by atoms with Crippen molar-refractivity contribution in [3.63, 3.8) is 0 Å². The second-order valence-electron chi connectivity index (χ2n) is 4.78. The van der Waals surface area contributed by atoms with E-state index in [1.807, 2.05) is 0 Å². The summed E-state index contributed by atoms with van der Waals surface area (Å²) in [7, 11) is 2.54. The molecule has 1 heterocycles. The molecule has 4 nitrogen and oxygen atoms in total. The summed E-state index contributed by atoms with van der Waals surface area (Å²) >= 11 is 0. The summed E-state index contributed by atoms with van der Waals surface area (Å²) in [5.41, 5.74) is 0.196. The van der Waals surface area contributed by atoms with Crippen LogP contribution in [0.15, 0.2) is 30.5 Å². The third-order valence-corrected chi connectivity index (χ3v) is 3.26. The normalized spacial score (nSPS) is 11.2. The van der Waals surface area contributed by atoms with Gasteiger partial charge >= 0.3 is 12.1 Å². The topological polar surface area (TPSA) is 48.4 Å². The molecule has 0 fully saturated rings. The summed E-state index contributed by atoms with van der Waals surface area (Å²) in [6.07, 6.45) is -3.23. The van der Waals surface area contributed by atoms with E-state index in [0.29, 0.717) is 5.69 Å². The molecule has 1 aromatic heterocycles. The van der Waals surface area contributed by atoms with Gasteiger partial charge in [-0.15, -0.1) is 0 Å². The maximum absolute atomic E-state index is 13.0. The number of aryl methyl sites for hydroxylation is 1. The average Bonchev–Trinajstić information content (AvgIpc) is 2.52. The molecule has 1 aromatic carbocycles. The van der Waals surface area contributed by atoms with E-state index in [-0.39, 0.29) is 22.4 Å². The lowest BCUT2D eigenvalue weighted by Crippen LogP contribution is -2.08. The maximum Gasteiger partial charge on any atom is 0.416 e. The summed E-state index contributed by atoms with van der Waals surface area (Å²) in [5, 5.41) is 0. The molecule has 0 radical (unpaired) electrons. The lowest BCUT2D eigenvalue weighted by atomic mass is 9.97. The van der Waals surface area contributed by atoms with E-state index in [9.17, 15) is 18.0 Å². The van der Waals surface area contributed by atoms with Crippen LogP contribution in [-0.2, 0) is 10.9 Å². The number of halogens is 3. The van der Waals surface area contributed by atoms with E-state index < -0.39 is 17.7 Å². The number of hydrogen-bond donors (Lipinski definition) is 0. The number of carbonyl (C=O) groups is 1. The first-order valence-corrected chi connectivity index (χ1v) is 6.58. The lowest BCUT2D eigenvalue weighted by Gasteiger charge is -2.15. The third-order valence-electron chi connectivity index (χ3n) is 3.26. The van der Waals surface area contributed by atoms with Gasteiger partial charge in [0.2, 0.25) is 0 Å². The zero-order valence-electron chi connectivity index (χ0n) is 12.7. The zero-order chi connectivity index (χ0) is 17.2. The van der Waals surface area contributed by atoms with Crippen molar-refractivity contribution in [1.29, 1.82) is 0 Å². The molecule has 122 valence electrons. The lowest BCUT2D eigenvalue weighted by molar-refractivity contribution is -0.137. The Labute approximate surface area is 130 Å². The molecule has 0 spiro atoms. The molecule has 2 aromatic rings. The molecule has 0 saturated carbocycles. The summed E-state index contributed by atoms with van der Waals surface area (Å²) in [6, 6.07) is 4.60. The van der Waals surface area contributed by atoms with Crippen LogP contribution in [0.1, 0.15) is 21.6 Å². The number of benzene rings is 1. The molecule has 0 aliphatic rings. The van der Waals surface area contributed by atoms with Crippen LogP contribution < -0.4 is 4.74 Å². The molecule has 0 aliphatic heterocycles. The number of ether oxygens (including phenoxy) is 2. The third kappa shape index (κ3) is 3.44. The maximum atomic E-state index is 13.0. The highest BCUT2D eigenvalue weighted by molar-refractivity contribution is 5.98. The number of pyridine rings is 1. The SMILES string of the molecule is COC(=O)c1cnc(C)cc1-c1cc(C(F)(F)F)ccc1OC. The number of esters is 1. The highest BCUT2D eigenvalue weighted by atomic mass is 19.4. The van der Waals surface area contributed by atoms with E-state index >= 15 is 0 Å². The second-order valence-corrected chi connectivity index (χ2v) is 4.78. The Morgan fingerprint density at radius 2 is 1.83 bits per heavy atom. The average molecular weight is 325 g/mol. The Balaban J connectivity index is 2.74. The number of methoxy groups -OCH3 is 2. The smallest absolute Gasteiger partial charge is 0.416 e. The molecule has 0 aliphatic carbocycles. The number of nitrogens with zero attached hydrogens (tertiary/aromatic N) is 1. The fourth-order valence-corrected chi connectivity index (χ4v) is 2.15. The first-order valence-electron chi connectivity index (χ1n) is 6.58. The highest BCUT2D eigenvalue weighted by Gasteiger charge is 2.31. The Hall–Kier alpha value is -2.57. The Morgan fingerprint density at radius 3 is 2.39 bits per heavy atom. The van der Waals surface area contributed by atoms with Crippen molar-refractivity contribution in [2.75, 3.05) is 14.2 Å². The van der Waals surface area contributed by atoms with Crippen LogP contribution >= 0.6 is 0 Å². The second kappa shape index (κ2) is 6.28. The fraction of sp³-hybridized carbons (Fsp3) is 0.250. The number of aromatic nitrogens is 1. The van der Waals surface area contributed by atoms with Crippen molar-refractivity contribution < 1.29 is 27.4 Å². The van der Waals surface area contributed by atoms with Crippen molar-refractivity contribution in [3.05, 3.63) is 47.3 Å². The first kappa shape index (κ1) is 16.8. The van der Waals surface area contributed by atoms with Crippen LogP contribution in [0, 0.1) is 6.92 Å². The Morgan fingerprint density at radius 1 is 1.13 bits per heavy atom.